The van der Waals surface area contributed by atoms with Crippen molar-refractivity contribution < 1.29 is 4.39 Å². The van der Waals surface area contributed by atoms with Gasteiger partial charge in [0.15, 0.2) is 0 Å². The zero-order valence-corrected chi connectivity index (χ0v) is 9.41. The van der Waals surface area contributed by atoms with E-state index in [2.05, 4.69) is 15.5 Å². The molecule has 0 fully saturated rings. The number of aromatic nitrogens is 2. The molecule has 2 rings (SSSR count). The molecule has 4 N–H and O–H groups in total. The lowest BCUT2D eigenvalue weighted by Crippen LogP contribution is -2.13. The van der Waals surface area contributed by atoms with Crippen LogP contribution in [0.3, 0.4) is 0 Å². The third-order valence-corrected chi connectivity index (χ3v) is 2.45. The first-order valence-corrected chi connectivity index (χ1v) is 5.50. The van der Waals surface area contributed by atoms with E-state index in [1.54, 1.807) is 12.3 Å². The highest BCUT2D eigenvalue weighted by Crippen LogP contribution is 2.16. The lowest BCUT2D eigenvalue weighted by Gasteiger charge is -2.05. The van der Waals surface area contributed by atoms with Gasteiger partial charge in [-0.25, -0.2) is 4.39 Å². The summed E-state index contributed by atoms with van der Waals surface area (Å²) in [5.74, 6) is -0.224. The molecule has 0 amide bonds. The summed E-state index contributed by atoms with van der Waals surface area (Å²) in [5.41, 5.74) is 8.18. The van der Waals surface area contributed by atoms with Crippen LogP contribution >= 0.6 is 0 Å². The van der Waals surface area contributed by atoms with Gasteiger partial charge in [-0.3, -0.25) is 5.10 Å². The number of halogens is 1. The average molecular weight is 234 g/mol. The number of rotatable bonds is 5. The standard InChI is InChI=1S/C12H15FN4/c13-10-3-1-2-9(6-10)7-11-12(8-16-17-11)15-5-4-14/h1-3,6,8,15H,4-5,7,14H2,(H,16,17). The molecule has 0 aliphatic rings. The summed E-state index contributed by atoms with van der Waals surface area (Å²) in [6.07, 6.45) is 2.33. The molecule has 0 radical (unpaired) electrons. The highest BCUT2D eigenvalue weighted by molar-refractivity contribution is 5.47. The lowest BCUT2D eigenvalue weighted by molar-refractivity contribution is 0.626. The highest BCUT2D eigenvalue weighted by Gasteiger charge is 2.05. The number of H-pyrrole nitrogens is 1. The van der Waals surface area contributed by atoms with Gasteiger partial charge in [0.1, 0.15) is 5.82 Å². The second-order valence-corrected chi connectivity index (χ2v) is 3.78. The molecule has 1 heterocycles. The van der Waals surface area contributed by atoms with Crippen LogP contribution in [0.2, 0.25) is 0 Å². The third-order valence-electron chi connectivity index (χ3n) is 2.45. The zero-order valence-electron chi connectivity index (χ0n) is 9.41. The molecule has 1 aromatic heterocycles. The maximum Gasteiger partial charge on any atom is 0.123 e. The van der Waals surface area contributed by atoms with Gasteiger partial charge in [-0.15, -0.1) is 0 Å². The molecule has 0 unspecified atom stereocenters. The second-order valence-electron chi connectivity index (χ2n) is 3.78. The van der Waals surface area contributed by atoms with Gasteiger partial charge in [-0.1, -0.05) is 12.1 Å². The third kappa shape index (κ3) is 3.04. The largest absolute Gasteiger partial charge is 0.381 e. The van der Waals surface area contributed by atoms with Crippen LogP contribution in [-0.4, -0.2) is 23.3 Å². The number of benzene rings is 1. The molecule has 0 aliphatic carbocycles. The van der Waals surface area contributed by atoms with Gasteiger partial charge in [-0.2, -0.15) is 5.10 Å². The number of nitrogens with one attached hydrogen (secondary N) is 2. The summed E-state index contributed by atoms with van der Waals surface area (Å²) in [4.78, 5) is 0. The van der Waals surface area contributed by atoms with Gasteiger partial charge in [0.25, 0.3) is 0 Å². The van der Waals surface area contributed by atoms with Crippen molar-refractivity contribution in [2.45, 2.75) is 6.42 Å². The predicted molar refractivity (Wildman–Crippen MR) is 65.3 cm³/mol. The van der Waals surface area contributed by atoms with Crippen molar-refractivity contribution in [1.29, 1.82) is 0 Å². The Morgan fingerprint density at radius 2 is 2.29 bits per heavy atom. The Labute approximate surface area is 99.0 Å². The summed E-state index contributed by atoms with van der Waals surface area (Å²) in [6, 6.07) is 6.54. The molecular weight excluding hydrogens is 219 g/mol. The van der Waals surface area contributed by atoms with Crippen LogP contribution in [0.5, 0.6) is 0 Å². The van der Waals surface area contributed by atoms with Crippen molar-refractivity contribution in [2.24, 2.45) is 5.73 Å². The van der Waals surface area contributed by atoms with E-state index in [4.69, 9.17) is 5.73 Å². The van der Waals surface area contributed by atoms with Gasteiger partial charge in [-0.05, 0) is 17.7 Å². The molecule has 0 spiro atoms. The van der Waals surface area contributed by atoms with Crippen LogP contribution in [-0.2, 0) is 6.42 Å². The van der Waals surface area contributed by atoms with Crippen molar-refractivity contribution in [3.63, 3.8) is 0 Å². The molecule has 2 aromatic rings. The van der Waals surface area contributed by atoms with Crippen LogP contribution < -0.4 is 11.1 Å². The molecule has 1 aromatic carbocycles. The Bertz CT molecular complexity index is 481. The molecule has 4 nitrogen and oxygen atoms in total. The fraction of sp³-hybridized carbons (Fsp3) is 0.250. The van der Waals surface area contributed by atoms with Gasteiger partial charge >= 0.3 is 0 Å². The molecule has 90 valence electrons. The Morgan fingerprint density at radius 1 is 1.41 bits per heavy atom. The van der Waals surface area contributed by atoms with Crippen LogP contribution in [0.4, 0.5) is 10.1 Å². The van der Waals surface area contributed by atoms with Gasteiger partial charge in [0.2, 0.25) is 0 Å². The molecule has 0 aliphatic heterocycles. The molecule has 0 bridgehead atoms. The minimum absolute atomic E-state index is 0.224. The van der Waals surface area contributed by atoms with Gasteiger partial charge < -0.3 is 11.1 Å². The smallest absolute Gasteiger partial charge is 0.123 e. The maximum atomic E-state index is 13.0. The Kier molecular flexibility index (Phi) is 3.72. The van der Waals surface area contributed by atoms with Gasteiger partial charge in [0.05, 0.1) is 17.6 Å². The highest BCUT2D eigenvalue weighted by atomic mass is 19.1. The van der Waals surface area contributed by atoms with E-state index in [9.17, 15) is 4.39 Å². The normalized spacial score (nSPS) is 10.5. The second kappa shape index (κ2) is 5.45. The molecule has 0 atom stereocenters. The summed E-state index contributed by atoms with van der Waals surface area (Å²) in [6.45, 7) is 1.25. The van der Waals surface area contributed by atoms with Crippen molar-refractivity contribution in [1.82, 2.24) is 10.2 Å². The van der Waals surface area contributed by atoms with E-state index in [1.165, 1.54) is 12.1 Å². The van der Waals surface area contributed by atoms with Crippen molar-refractivity contribution in [2.75, 3.05) is 18.4 Å². The van der Waals surface area contributed by atoms with E-state index >= 15 is 0 Å². The van der Waals surface area contributed by atoms with Crippen LogP contribution in [0.25, 0.3) is 0 Å². The summed E-state index contributed by atoms with van der Waals surface area (Å²) < 4.78 is 13.0. The fourth-order valence-corrected chi connectivity index (χ4v) is 1.66. The Morgan fingerprint density at radius 3 is 3.06 bits per heavy atom. The lowest BCUT2D eigenvalue weighted by atomic mass is 10.1. The average Bonchev–Trinajstić information content (AvgIpc) is 2.74. The summed E-state index contributed by atoms with van der Waals surface area (Å²) >= 11 is 0. The number of nitrogens with two attached hydrogens (primary N) is 1. The summed E-state index contributed by atoms with van der Waals surface area (Å²) in [7, 11) is 0. The predicted octanol–water partition coefficient (Wildman–Crippen LogP) is 1.51. The number of hydrogen-bond donors (Lipinski definition) is 3. The molecular formula is C12H15FN4. The monoisotopic (exact) mass is 234 g/mol. The van der Waals surface area contributed by atoms with Crippen LogP contribution in [0.15, 0.2) is 30.5 Å². The van der Waals surface area contributed by atoms with Crippen LogP contribution in [0.1, 0.15) is 11.3 Å². The number of aromatic amines is 1. The molecule has 5 heteroatoms. The number of hydrogen-bond acceptors (Lipinski definition) is 3. The quantitative estimate of drug-likeness (QED) is 0.734. The topological polar surface area (TPSA) is 66.7 Å². The van der Waals surface area contributed by atoms with Crippen molar-refractivity contribution in [3.05, 3.63) is 47.5 Å². The maximum absolute atomic E-state index is 13.0. The first kappa shape index (κ1) is 11.6. The first-order valence-electron chi connectivity index (χ1n) is 5.50. The van der Waals surface area contributed by atoms with E-state index in [0.717, 1.165) is 16.9 Å². The number of anilines is 1. The van der Waals surface area contributed by atoms with E-state index < -0.39 is 0 Å². The minimum atomic E-state index is -0.224. The van der Waals surface area contributed by atoms with Gasteiger partial charge in [0, 0.05) is 19.5 Å². The Hall–Kier alpha value is -1.88. The van der Waals surface area contributed by atoms with E-state index in [1.807, 2.05) is 6.07 Å². The first-order chi connectivity index (χ1) is 8.29. The minimum Gasteiger partial charge on any atom is -0.381 e. The molecule has 17 heavy (non-hydrogen) atoms. The Balaban J connectivity index is 2.10. The molecule has 0 saturated carbocycles. The SMILES string of the molecule is NCCNc1cn[nH]c1Cc1cccc(F)c1. The zero-order chi connectivity index (χ0) is 12.1. The molecule has 0 saturated heterocycles. The summed E-state index contributed by atoms with van der Waals surface area (Å²) in [5, 5.41) is 10.0. The van der Waals surface area contributed by atoms with Crippen LogP contribution in [0, 0.1) is 5.82 Å². The van der Waals surface area contributed by atoms with E-state index in [0.29, 0.717) is 19.5 Å². The van der Waals surface area contributed by atoms with Crippen molar-refractivity contribution in [3.8, 4) is 0 Å². The fourth-order valence-electron chi connectivity index (χ4n) is 1.66. The van der Waals surface area contributed by atoms with Crippen molar-refractivity contribution >= 4 is 5.69 Å². The van der Waals surface area contributed by atoms with E-state index in [-0.39, 0.29) is 5.82 Å². The number of nitrogens with zero attached hydrogens (tertiary/aromatic N) is 1.